The zero-order valence-electron chi connectivity index (χ0n) is 11.7. The topological polar surface area (TPSA) is 0 Å². The first-order valence-corrected chi connectivity index (χ1v) is 7.21. The summed E-state index contributed by atoms with van der Waals surface area (Å²) in [5.41, 5.74) is 1.64. The highest BCUT2D eigenvalue weighted by molar-refractivity contribution is 5.37. The van der Waals surface area contributed by atoms with Crippen molar-refractivity contribution in [1.82, 2.24) is 0 Å². The SMILES string of the molecule is C=C/C=C\C=C(\C#CC12CC(C)CCC1C2)CC. The molecule has 3 unspecified atom stereocenters. The summed E-state index contributed by atoms with van der Waals surface area (Å²) in [6, 6.07) is 0. The van der Waals surface area contributed by atoms with Crippen molar-refractivity contribution in [3.8, 4) is 11.8 Å². The predicted molar refractivity (Wildman–Crippen MR) is 79.0 cm³/mol. The summed E-state index contributed by atoms with van der Waals surface area (Å²) in [4.78, 5) is 0. The molecule has 0 aromatic heterocycles. The minimum Gasteiger partial charge on any atom is -0.0991 e. The average Bonchev–Trinajstić information content (AvgIpc) is 3.07. The van der Waals surface area contributed by atoms with Crippen molar-refractivity contribution in [3.05, 3.63) is 36.5 Å². The molecule has 0 heterocycles. The molecule has 0 aliphatic heterocycles. The molecule has 0 amide bonds. The number of rotatable bonds is 3. The van der Waals surface area contributed by atoms with Crippen LogP contribution >= 0.6 is 0 Å². The van der Waals surface area contributed by atoms with Gasteiger partial charge in [-0.15, -0.1) is 0 Å². The van der Waals surface area contributed by atoms with Crippen LogP contribution in [0.3, 0.4) is 0 Å². The van der Waals surface area contributed by atoms with Gasteiger partial charge in [-0.3, -0.25) is 0 Å². The van der Waals surface area contributed by atoms with Gasteiger partial charge in [0.05, 0.1) is 0 Å². The molecule has 2 aliphatic rings. The van der Waals surface area contributed by atoms with E-state index >= 15 is 0 Å². The Hall–Kier alpha value is -1.22. The standard InChI is InChI=1S/C18H24/c1-4-6-7-8-16(5-2)11-12-18-13-15(3)9-10-17(18)14-18/h4,6-8,15,17H,1,5,9-10,13-14H2,2-3H3/b7-6-,16-8+. The largest absolute Gasteiger partial charge is 0.0991 e. The van der Waals surface area contributed by atoms with E-state index in [1.807, 2.05) is 12.2 Å². The molecule has 18 heavy (non-hydrogen) atoms. The van der Waals surface area contributed by atoms with Crippen molar-refractivity contribution >= 4 is 0 Å². The minimum atomic E-state index is 0.397. The van der Waals surface area contributed by atoms with Gasteiger partial charge < -0.3 is 0 Å². The Kier molecular flexibility index (Phi) is 4.12. The molecule has 96 valence electrons. The maximum atomic E-state index is 3.68. The lowest BCUT2D eigenvalue weighted by Crippen LogP contribution is -2.13. The van der Waals surface area contributed by atoms with Gasteiger partial charge in [-0.1, -0.05) is 63.0 Å². The van der Waals surface area contributed by atoms with E-state index < -0.39 is 0 Å². The normalized spacial score (nSPS) is 34.7. The van der Waals surface area contributed by atoms with E-state index in [0.29, 0.717) is 5.41 Å². The fourth-order valence-electron chi connectivity index (χ4n) is 3.13. The molecule has 0 N–H and O–H groups in total. The third-order valence-electron chi connectivity index (χ3n) is 4.35. The number of allylic oxidation sites excluding steroid dienone is 5. The second-order valence-electron chi connectivity index (χ2n) is 5.86. The Balaban J connectivity index is 2.04. The summed E-state index contributed by atoms with van der Waals surface area (Å²) in [6.07, 6.45) is 14.4. The third-order valence-corrected chi connectivity index (χ3v) is 4.35. The maximum absolute atomic E-state index is 3.68. The van der Waals surface area contributed by atoms with Crippen LogP contribution in [0.15, 0.2) is 36.5 Å². The average molecular weight is 240 g/mol. The Bertz CT molecular complexity index is 427. The summed E-state index contributed by atoms with van der Waals surface area (Å²) < 4.78 is 0. The van der Waals surface area contributed by atoms with Gasteiger partial charge in [0.1, 0.15) is 0 Å². The number of fused-ring (bicyclic) bond motifs is 1. The summed E-state index contributed by atoms with van der Waals surface area (Å²) in [5, 5.41) is 0. The van der Waals surface area contributed by atoms with Crippen molar-refractivity contribution in [2.24, 2.45) is 17.3 Å². The third kappa shape index (κ3) is 2.96. The van der Waals surface area contributed by atoms with E-state index in [2.05, 4.69) is 38.3 Å². The Morgan fingerprint density at radius 3 is 2.89 bits per heavy atom. The molecule has 2 fully saturated rings. The van der Waals surface area contributed by atoms with E-state index in [4.69, 9.17) is 0 Å². The molecule has 0 heteroatoms. The highest BCUT2D eigenvalue weighted by atomic mass is 14.6. The van der Waals surface area contributed by atoms with E-state index in [1.165, 1.54) is 31.3 Å². The molecule has 0 bridgehead atoms. The second-order valence-corrected chi connectivity index (χ2v) is 5.86. The van der Waals surface area contributed by atoms with Gasteiger partial charge in [-0.25, -0.2) is 0 Å². The molecule has 0 aromatic carbocycles. The van der Waals surface area contributed by atoms with Gasteiger partial charge in [-0.2, -0.15) is 0 Å². The van der Waals surface area contributed by atoms with Crippen LogP contribution in [0.5, 0.6) is 0 Å². The molecule has 2 saturated carbocycles. The molecule has 2 rings (SSSR count). The number of hydrogen-bond donors (Lipinski definition) is 0. The lowest BCUT2D eigenvalue weighted by molar-refractivity contribution is 0.321. The van der Waals surface area contributed by atoms with Crippen molar-refractivity contribution < 1.29 is 0 Å². The molecule has 0 aromatic rings. The number of hydrogen-bond acceptors (Lipinski definition) is 0. The molecule has 3 atom stereocenters. The fraction of sp³-hybridized carbons (Fsp3) is 0.556. The van der Waals surface area contributed by atoms with Gasteiger partial charge >= 0.3 is 0 Å². The van der Waals surface area contributed by atoms with Gasteiger partial charge in [-0.05, 0) is 37.5 Å². The first-order valence-electron chi connectivity index (χ1n) is 7.21. The van der Waals surface area contributed by atoms with Crippen LogP contribution < -0.4 is 0 Å². The summed E-state index contributed by atoms with van der Waals surface area (Å²) in [6.45, 7) is 8.23. The monoisotopic (exact) mass is 240 g/mol. The molecular weight excluding hydrogens is 216 g/mol. The fourth-order valence-corrected chi connectivity index (χ4v) is 3.13. The Morgan fingerprint density at radius 1 is 1.33 bits per heavy atom. The lowest BCUT2D eigenvalue weighted by atomic mass is 9.82. The van der Waals surface area contributed by atoms with Crippen LogP contribution in [0.2, 0.25) is 0 Å². The van der Waals surface area contributed by atoms with Gasteiger partial charge in [0.2, 0.25) is 0 Å². The highest BCUT2D eigenvalue weighted by Crippen LogP contribution is 2.62. The smallest absolute Gasteiger partial charge is 0.0352 e. The van der Waals surface area contributed by atoms with Gasteiger partial charge in [0, 0.05) is 11.0 Å². The quantitative estimate of drug-likeness (QED) is 0.486. The molecule has 0 radical (unpaired) electrons. The van der Waals surface area contributed by atoms with Crippen LogP contribution in [0.4, 0.5) is 0 Å². The zero-order valence-corrected chi connectivity index (χ0v) is 11.7. The van der Waals surface area contributed by atoms with Crippen molar-refractivity contribution in [2.45, 2.75) is 46.0 Å². The minimum absolute atomic E-state index is 0.397. The molecule has 0 spiro atoms. The molecule has 2 aliphatic carbocycles. The van der Waals surface area contributed by atoms with Crippen molar-refractivity contribution in [1.29, 1.82) is 0 Å². The summed E-state index contributed by atoms with van der Waals surface area (Å²) >= 11 is 0. The Morgan fingerprint density at radius 2 is 2.17 bits per heavy atom. The van der Waals surface area contributed by atoms with Gasteiger partial charge in [0.25, 0.3) is 0 Å². The zero-order chi connectivity index (χ0) is 13.0. The molecular formula is C18H24. The maximum Gasteiger partial charge on any atom is 0.0352 e. The first kappa shape index (κ1) is 13.2. The highest BCUT2D eigenvalue weighted by Gasteiger charge is 2.55. The van der Waals surface area contributed by atoms with Crippen LogP contribution in [-0.2, 0) is 0 Å². The van der Waals surface area contributed by atoms with Crippen LogP contribution in [-0.4, -0.2) is 0 Å². The van der Waals surface area contributed by atoms with E-state index in [1.54, 1.807) is 6.08 Å². The van der Waals surface area contributed by atoms with Gasteiger partial charge in [0.15, 0.2) is 0 Å². The Labute approximate surface area is 112 Å². The van der Waals surface area contributed by atoms with Crippen molar-refractivity contribution in [3.63, 3.8) is 0 Å². The van der Waals surface area contributed by atoms with E-state index in [0.717, 1.165) is 18.3 Å². The lowest BCUT2D eigenvalue weighted by Gasteiger charge is -2.22. The van der Waals surface area contributed by atoms with E-state index in [-0.39, 0.29) is 0 Å². The van der Waals surface area contributed by atoms with Crippen LogP contribution in [0, 0.1) is 29.1 Å². The molecule has 0 saturated heterocycles. The van der Waals surface area contributed by atoms with E-state index in [9.17, 15) is 0 Å². The molecule has 0 nitrogen and oxygen atoms in total. The predicted octanol–water partition coefficient (Wildman–Crippen LogP) is 4.89. The van der Waals surface area contributed by atoms with Crippen LogP contribution in [0.1, 0.15) is 46.0 Å². The van der Waals surface area contributed by atoms with Crippen molar-refractivity contribution in [2.75, 3.05) is 0 Å². The summed E-state index contributed by atoms with van der Waals surface area (Å²) in [7, 11) is 0. The van der Waals surface area contributed by atoms with Crippen LogP contribution in [0.25, 0.3) is 0 Å². The second kappa shape index (κ2) is 5.61. The summed E-state index contributed by atoms with van der Waals surface area (Å²) in [5.74, 6) is 8.80. The first-order chi connectivity index (χ1) is 8.70.